The Hall–Kier alpha value is -1.36. The van der Waals surface area contributed by atoms with Gasteiger partial charge in [-0.25, -0.2) is 0 Å². The summed E-state index contributed by atoms with van der Waals surface area (Å²) in [6.07, 6.45) is 7.69. The van der Waals surface area contributed by atoms with Crippen molar-refractivity contribution in [2.75, 3.05) is 0 Å². The predicted molar refractivity (Wildman–Crippen MR) is 93.8 cm³/mol. The third-order valence-electron chi connectivity index (χ3n) is 3.87. The summed E-state index contributed by atoms with van der Waals surface area (Å²) >= 11 is 3.61. The molecule has 5 heteroatoms. The van der Waals surface area contributed by atoms with Crippen LogP contribution in [0.2, 0.25) is 0 Å². The van der Waals surface area contributed by atoms with E-state index in [9.17, 15) is 9.59 Å². The molecule has 1 aromatic rings. The predicted octanol–water partition coefficient (Wildman–Crippen LogP) is 4.82. The van der Waals surface area contributed by atoms with Crippen LogP contribution in [0, 0.1) is 0 Å². The number of benzene rings is 1. The van der Waals surface area contributed by atoms with Gasteiger partial charge in [0.2, 0.25) is 0 Å². The highest BCUT2D eigenvalue weighted by Gasteiger charge is 2.07. The largest absolute Gasteiger partial charge is 0.481 e. The molecule has 0 aliphatic carbocycles. The van der Waals surface area contributed by atoms with Crippen molar-refractivity contribution in [3.8, 4) is 0 Å². The Kier molecular flexibility index (Phi) is 9.60. The van der Waals surface area contributed by atoms with Gasteiger partial charge in [-0.1, -0.05) is 40.9 Å². The Morgan fingerprint density at radius 2 is 1.39 bits per heavy atom. The maximum absolute atomic E-state index is 10.5. The van der Waals surface area contributed by atoms with E-state index in [0.29, 0.717) is 0 Å². The number of halogens is 1. The molecule has 0 radical (unpaired) electrons. The standard InChI is InChI=1S/C18H25BrO4/c19-16-11-7-9-14(8-3-1-5-12-17(20)21)15(16)10-4-2-6-13-18(22)23/h7,9,11H,1-6,8,10,12-13H2,(H,20,21)(H,22,23). The molecule has 23 heavy (non-hydrogen) atoms. The topological polar surface area (TPSA) is 74.6 Å². The van der Waals surface area contributed by atoms with Crippen molar-refractivity contribution in [1.29, 1.82) is 0 Å². The number of aliphatic carboxylic acids is 2. The molecule has 0 spiro atoms. The van der Waals surface area contributed by atoms with Gasteiger partial charge in [0.05, 0.1) is 0 Å². The monoisotopic (exact) mass is 384 g/mol. The number of hydrogen-bond donors (Lipinski definition) is 2. The van der Waals surface area contributed by atoms with E-state index >= 15 is 0 Å². The highest BCUT2D eigenvalue weighted by atomic mass is 79.9. The van der Waals surface area contributed by atoms with Crippen molar-refractivity contribution in [2.24, 2.45) is 0 Å². The zero-order valence-electron chi connectivity index (χ0n) is 13.4. The quantitative estimate of drug-likeness (QED) is 0.506. The molecule has 4 nitrogen and oxygen atoms in total. The first-order chi connectivity index (χ1) is 11.0. The van der Waals surface area contributed by atoms with E-state index < -0.39 is 11.9 Å². The molecule has 1 rings (SSSR count). The van der Waals surface area contributed by atoms with Crippen LogP contribution in [0.3, 0.4) is 0 Å². The summed E-state index contributed by atoms with van der Waals surface area (Å²) in [4.78, 5) is 21.0. The second-order valence-electron chi connectivity index (χ2n) is 5.79. The van der Waals surface area contributed by atoms with Crippen molar-refractivity contribution < 1.29 is 19.8 Å². The van der Waals surface area contributed by atoms with E-state index in [1.807, 2.05) is 12.1 Å². The zero-order valence-corrected chi connectivity index (χ0v) is 15.0. The van der Waals surface area contributed by atoms with Crippen LogP contribution >= 0.6 is 15.9 Å². The average Bonchev–Trinajstić information content (AvgIpc) is 2.48. The average molecular weight is 385 g/mol. The van der Waals surface area contributed by atoms with Gasteiger partial charge in [-0.15, -0.1) is 0 Å². The Morgan fingerprint density at radius 1 is 0.826 bits per heavy atom. The first-order valence-electron chi connectivity index (χ1n) is 8.20. The molecule has 0 aliphatic heterocycles. The van der Waals surface area contributed by atoms with Gasteiger partial charge in [-0.3, -0.25) is 9.59 Å². The van der Waals surface area contributed by atoms with E-state index in [-0.39, 0.29) is 12.8 Å². The van der Waals surface area contributed by atoms with Crippen LogP contribution in [-0.4, -0.2) is 22.2 Å². The van der Waals surface area contributed by atoms with Crippen LogP contribution in [0.4, 0.5) is 0 Å². The summed E-state index contributed by atoms with van der Waals surface area (Å²) in [5.41, 5.74) is 2.62. The van der Waals surface area contributed by atoms with Gasteiger partial charge in [0.15, 0.2) is 0 Å². The fourth-order valence-corrected chi connectivity index (χ4v) is 3.25. The van der Waals surface area contributed by atoms with Gasteiger partial charge in [0.25, 0.3) is 0 Å². The lowest BCUT2D eigenvalue weighted by atomic mass is 9.96. The molecule has 0 saturated carbocycles. The lowest BCUT2D eigenvalue weighted by molar-refractivity contribution is -0.138. The number of aryl methyl sites for hydroxylation is 1. The summed E-state index contributed by atoms with van der Waals surface area (Å²) in [5.74, 6) is -1.46. The summed E-state index contributed by atoms with van der Waals surface area (Å²) < 4.78 is 1.11. The molecule has 0 saturated heterocycles. The first kappa shape index (κ1) is 19.7. The smallest absolute Gasteiger partial charge is 0.303 e. The van der Waals surface area contributed by atoms with Gasteiger partial charge in [-0.05, 0) is 55.7 Å². The fourth-order valence-electron chi connectivity index (χ4n) is 2.64. The number of carboxylic acids is 2. The lowest BCUT2D eigenvalue weighted by Gasteiger charge is -2.12. The molecule has 0 bridgehead atoms. The van der Waals surface area contributed by atoms with Crippen molar-refractivity contribution in [3.05, 3.63) is 33.8 Å². The third-order valence-corrected chi connectivity index (χ3v) is 4.61. The Balaban J connectivity index is 2.41. The molecule has 0 amide bonds. The molecule has 128 valence electrons. The lowest BCUT2D eigenvalue weighted by Crippen LogP contribution is -1.99. The summed E-state index contributed by atoms with van der Waals surface area (Å²) in [6.45, 7) is 0. The molecule has 2 N–H and O–H groups in total. The molecule has 1 aromatic carbocycles. The zero-order chi connectivity index (χ0) is 17.1. The summed E-state index contributed by atoms with van der Waals surface area (Å²) in [6, 6.07) is 6.21. The van der Waals surface area contributed by atoms with E-state index in [2.05, 4.69) is 22.0 Å². The second kappa shape index (κ2) is 11.2. The van der Waals surface area contributed by atoms with Crippen LogP contribution in [-0.2, 0) is 22.4 Å². The minimum absolute atomic E-state index is 0.242. The molecule has 0 heterocycles. The number of carbonyl (C=O) groups is 2. The number of hydrogen-bond acceptors (Lipinski definition) is 2. The first-order valence-corrected chi connectivity index (χ1v) is 9.00. The van der Waals surface area contributed by atoms with E-state index in [1.54, 1.807) is 0 Å². The minimum Gasteiger partial charge on any atom is -0.481 e. The number of unbranched alkanes of at least 4 members (excludes halogenated alkanes) is 4. The highest BCUT2D eigenvalue weighted by Crippen LogP contribution is 2.24. The van der Waals surface area contributed by atoms with Crippen LogP contribution < -0.4 is 0 Å². The van der Waals surface area contributed by atoms with Crippen LogP contribution in [0.1, 0.15) is 62.5 Å². The Bertz CT molecular complexity index is 514. The van der Waals surface area contributed by atoms with E-state index in [0.717, 1.165) is 55.8 Å². The van der Waals surface area contributed by atoms with E-state index in [4.69, 9.17) is 10.2 Å². The molecule has 0 fully saturated rings. The summed E-state index contributed by atoms with van der Waals surface area (Å²) in [5, 5.41) is 17.3. The maximum atomic E-state index is 10.5. The molecular weight excluding hydrogens is 360 g/mol. The molecule has 0 unspecified atom stereocenters. The van der Waals surface area contributed by atoms with Gasteiger partial charge in [-0.2, -0.15) is 0 Å². The number of rotatable bonds is 12. The van der Waals surface area contributed by atoms with Gasteiger partial charge in [0.1, 0.15) is 0 Å². The van der Waals surface area contributed by atoms with E-state index in [1.165, 1.54) is 11.1 Å². The van der Waals surface area contributed by atoms with Crippen LogP contribution in [0.15, 0.2) is 22.7 Å². The van der Waals surface area contributed by atoms with Gasteiger partial charge < -0.3 is 10.2 Å². The molecular formula is C18H25BrO4. The van der Waals surface area contributed by atoms with Crippen LogP contribution in [0.25, 0.3) is 0 Å². The third kappa shape index (κ3) is 8.74. The number of carboxylic acid groups (broad SMARTS) is 2. The molecule has 0 atom stereocenters. The van der Waals surface area contributed by atoms with Crippen LogP contribution in [0.5, 0.6) is 0 Å². The van der Waals surface area contributed by atoms with Gasteiger partial charge >= 0.3 is 11.9 Å². The summed E-state index contributed by atoms with van der Waals surface area (Å²) in [7, 11) is 0. The van der Waals surface area contributed by atoms with Crippen molar-refractivity contribution >= 4 is 27.9 Å². The van der Waals surface area contributed by atoms with Crippen molar-refractivity contribution in [1.82, 2.24) is 0 Å². The maximum Gasteiger partial charge on any atom is 0.303 e. The highest BCUT2D eigenvalue weighted by molar-refractivity contribution is 9.10. The SMILES string of the molecule is O=C(O)CCCCCc1cccc(Br)c1CCCCCC(=O)O. The second-order valence-corrected chi connectivity index (χ2v) is 6.64. The van der Waals surface area contributed by atoms with Gasteiger partial charge in [0, 0.05) is 17.3 Å². The Labute approximate surface area is 146 Å². The molecule has 0 aliphatic rings. The minimum atomic E-state index is -0.729. The molecule has 0 aromatic heterocycles. The fraction of sp³-hybridized carbons (Fsp3) is 0.556. The van der Waals surface area contributed by atoms with Crippen molar-refractivity contribution in [2.45, 2.75) is 64.2 Å². The van der Waals surface area contributed by atoms with Crippen molar-refractivity contribution in [3.63, 3.8) is 0 Å². The Morgan fingerprint density at radius 3 is 1.96 bits per heavy atom. The normalized spacial score (nSPS) is 10.7.